The SMILES string of the molecule is O=[N+]([O-])c1cncn1CCCBr. The van der Waals surface area contributed by atoms with Crippen LogP contribution in [0, 0.1) is 10.1 Å². The summed E-state index contributed by atoms with van der Waals surface area (Å²) in [5.74, 6) is 0.0518. The van der Waals surface area contributed by atoms with Crippen molar-refractivity contribution in [1.82, 2.24) is 9.55 Å². The minimum atomic E-state index is -0.429. The summed E-state index contributed by atoms with van der Waals surface area (Å²) in [6.07, 6.45) is 3.59. The molecule has 0 aromatic carbocycles. The van der Waals surface area contributed by atoms with E-state index in [0.717, 1.165) is 11.8 Å². The summed E-state index contributed by atoms with van der Waals surface area (Å²) in [4.78, 5) is 13.7. The van der Waals surface area contributed by atoms with E-state index in [1.54, 1.807) is 0 Å². The standard InChI is InChI=1S/C6H8BrN3O2/c7-2-1-3-9-5-8-4-6(9)10(11)12/h4-5H,1-3H2. The Balaban J connectivity index is 2.70. The molecule has 0 aliphatic carbocycles. The van der Waals surface area contributed by atoms with Gasteiger partial charge in [0.25, 0.3) is 0 Å². The number of rotatable bonds is 4. The van der Waals surface area contributed by atoms with Gasteiger partial charge >= 0.3 is 5.82 Å². The molecule has 5 nitrogen and oxygen atoms in total. The molecular formula is C6H8BrN3O2. The third kappa shape index (κ3) is 2.04. The Morgan fingerprint density at radius 1 is 1.75 bits per heavy atom. The zero-order valence-corrected chi connectivity index (χ0v) is 7.90. The number of nitrogens with zero attached hydrogens (tertiary/aromatic N) is 3. The smallest absolute Gasteiger partial charge is 0.342 e. The molecule has 6 heteroatoms. The summed E-state index contributed by atoms with van der Waals surface area (Å²) in [6, 6.07) is 0. The van der Waals surface area contributed by atoms with E-state index in [1.807, 2.05) is 0 Å². The van der Waals surface area contributed by atoms with Gasteiger partial charge in [0.05, 0.1) is 6.54 Å². The van der Waals surface area contributed by atoms with E-state index in [1.165, 1.54) is 17.1 Å². The first kappa shape index (κ1) is 9.18. The summed E-state index contributed by atoms with van der Waals surface area (Å²) >= 11 is 3.25. The predicted molar refractivity (Wildman–Crippen MR) is 47.3 cm³/mol. The Kier molecular flexibility index (Phi) is 3.21. The topological polar surface area (TPSA) is 61.0 Å². The highest BCUT2D eigenvalue weighted by molar-refractivity contribution is 9.09. The summed E-state index contributed by atoms with van der Waals surface area (Å²) in [5, 5.41) is 11.2. The van der Waals surface area contributed by atoms with Crippen LogP contribution in [0.1, 0.15) is 6.42 Å². The maximum atomic E-state index is 10.4. The Hall–Kier alpha value is -0.910. The van der Waals surface area contributed by atoms with Gasteiger partial charge in [0, 0.05) is 5.33 Å². The summed E-state index contributed by atoms with van der Waals surface area (Å²) in [5.41, 5.74) is 0. The number of hydrogen-bond acceptors (Lipinski definition) is 3. The van der Waals surface area contributed by atoms with Gasteiger partial charge in [-0.25, -0.2) is 9.55 Å². The van der Waals surface area contributed by atoms with Crippen molar-refractivity contribution in [3.05, 3.63) is 22.6 Å². The average Bonchev–Trinajstić information content (AvgIpc) is 2.48. The summed E-state index contributed by atoms with van der Waals surface area (Å²) in [6.45, 7) is 0.627. The van der Waals surface area contributed by atoms with Gasteiger partial charge < -0.3 is 10.1 Å². The summed E-state index contributed by atoms with van der Waals surface area (Å²) < 4.78 is 1.53. The Morgan fingerprint density at radius 2 is 2.50 bits per heavy atom. The van der Waals surface area contributed by atoms with Crippen LogP contribution in [0.2, 0.25) is 0 Å². The molecule has 66 valence electrons. The van der Waals surface area contributed by atoms with E-state index in [4.69, 9.17) is 0 Å². The maximum Gasteiger partial charge on any atom is 0.342 e. The largest absolute Gasteiger partial charge is 0.358 e. The normalized spacial score (nSPS) is 10.1. The van der Waals surface area contributed by atoms with Crippen LogP contribution in [0.15, 0.2) is 12.5 Å². The lowest BCUT2D eigenvalue weighted by Gasteiger charge is -1.97. The third-order valence-electron chi connectivity index (χ3n) is 1.41. The molecule has 1 heterocycles. The Morgan fingerprint density at radius 3 is 3.08 bits per heavy atom. The molecule has 0 fully saturated rings. The second-order valence-electron chi connectivity index (χ2n) is 2.24. The molecule has 1 aromatic rings. The van der Waals surface area contributed by atoms with E-state index >= 15 is 0 Å². The van der Waals surface area contributed by atoms with E-state index in [9.17, 15) is 10.1 Å². The first-order valence-corrected chi connectivity index (χ1v) is 4.58. The second-order valence-corrected chi connectivity index (χ2v) is 3.04. The van der Waals surface area contributed by atoms with Gasteiger partial charge in [0.2, 0.25) is 0 Å². The zero-order chi connectivity index (χ0) is 8.97. The molecule has 0 amide bonds. The molecule has 0 aliphatic heterocycles. The number of halogens is 1. The van der Waals surface area contributed by atoms with Gasteiger partial charge in [-0.2, -0.15) is 0 Å². The molecule has 1 rings (SSSR count). The minimum Gasteiger partial charge on any atom is -0.358 e. The van der Waals surface area contributed by atoms with Crippen molar-refractivity contribution in [3.8, 4) is 0 Å². The number of alkyl halides is 1. The van der Waals surface area contributed by atoms with Crippen LogP contribution in [-0.2, 0) is 6.54 Å². The Bertz CT molecular complexity index is 274. The van der Waals surface area contributed by atoms with Crippen molar-refractivity contribution in [2.75, 3.05) is 5.33 Å². The van der Waals surface area contributed by atoms with Crippen LogP contribution in [-0.4, -0.2) is 19.8 Å². The second kappa shape index (κ2) is 4.20. The van der Waals surface area contributed by atoms with E-state index < -0.39 is 4.92 Å². The third-order valence-corrected chi connectivity index (χ3v) is 1.97. The van der Waals surface area contributed by atoms with Crippen molar-refractivity contribution in [3.63, 3.8) is 0 Å². The molecular weight excluding hydrogens is 226 g/mol. The van der Waals surface area contributed by atoms with Crippen LogP contribution in [0.5, 0.6) is 0 Å². The van der Waals surface area contributed by atoms with Crippen molar-refractivity contribution in [2.24, 2.45) is 0 Å². The molecule has 0 unspecified atom stereocenters. The van der Waals surface area contributed by atoms with Gasteiger partial charge in [-0.05, 0) is 11.3 Å². The fourth-order valence-corrected chi connectivity index (χ4v) is 1.12. The van der Waals surface area contributed by atoms with E-state index in [0.29, 0.717) is 6.54 Å². The highest BCUT2D eigenvalue weighted by Gasteiger charge is 2.11. The van der Waals surface area contributed by atoms with E-state index in [-0.39, 0.29) is 5.82 Å². The first-order valence-electron chi connectivity index (χ1n) is 3.46. The summed E-state index contributed by atoms with van der Waals surface area (Å²) in [7, 11) is 0. The predicted octanol–water partition coefficient (Wildman–Crippen LogP) is 1.58. The molecule has 12 heavy (non-hydrogen) atoms. The van der Waals surface area contributed by atoms with Gasteiger partial charge in [-0.1, -0.05) is 15.9 Å². The molecule has 0 spiro atoms. The lowest BCUT2D eigenvalue weighted by Crippen LogP contribution is -2.01. The molecule has 0 aliphatic rings. The number of aryl methyl sites for hydroxylation is 1. The van der Waals surface area contributed by atoms with Gasteiger partial charge in [-0.3, -0.25) is 0 Å². The fourth-order valence-electron chi connectivity index (χ4n) is 0.868. The molecule has 0 atom stereocenters. The van der Waals surface area contributed by atoms with Crippen molar-refractivity contribution < 1.29 is 4.92 Å². The lowest BCUT2D eigenvalue weighted by molar-refractivity contribution is -0.392. The molecule has 0 saturated heterocycles. The van der Waals surface area contributed by atoms with Crippen LogP contribution in [0.4, 0.5) is 5.82 Å². The first-order chi connectivity index (χ1) is 5.75. The highest BCUT2D eigenvalue weighted by Crippen LogP contribution is 2.10. The monoisotopic (exact) mass is 233 g/mol. The number of hydrogen-bond donors (Lipinski definition) is 0. The van der Waals surface area contributed by atoms with Crippen molar-refractivity contribution >= 4 is 21.7 Å². The molecule has 0 bridgehead atoms. The molecule has 0 N–H and O–H groups in total. The average molecular weight is 234 g/mol. The number of imidazole rings is 1. The molecule has 0 saturated carbocycles. The number of nitro groups is 1. The van der Waals surface area contributed by atoms with Crippen molar-refractivity contribution in [2.45, 2.75) is 13.0 Å². The fraction of sp³-hybridized carbons (Fsp3) is 0.500. The Labute approximate surface area is 77.7 Å². The van der Waals surface area contributed by atoms with Crippen LogP contribution < -0.4 is 0 Å². The maximum absolute atomic E-state index is 10.4. The van der Waals surface area contributed by atoms with Crippen molar-refractivity contribution in [1.29, 1.82) is 0 Å². The van der Waals surface area contributed by atoms with Crippen LogP contribution in [0.25, 0.3) is 0 Å². The van der Waals surface area contributed by atoms with E-state index in [2.05, 4.69) is 20.9 Å². The van der Waals surface area contributed by atoms with Crippen LogP contribution in [0.3, 0.4) is 0 Å². The number of aromatic nitrogens is 2. The molecule has 1 aromatic heterocycles. The van der Waals surface area contributed by atoms with Gasteiger partial charge in [0.1, 0.15) is 6.20 Å². The quantitative estimate of drug-likeness (QED) is 0.451. The van der Waals surface area contributed by atoms with Gasteiger partial charge in [0.15, 0.2) is 6.33 Å². The molecule has 0 radical (unpaired) electrons. The zero-order valence-electron chi connectivity index (χ0n) is 6.31. The lowest BCUT2D eigenvalue weighted by atomic mass is 10.5. The highest BCUT2D eigenvalue weighted by atomic mass is 79.9. The van der Waals surface area contributed by atoms with Crippen LogP contribution >= 0.6 is 15.9 Å². The van der Waals surface area contributed by atoms with Gasteiger partial charge in [-0.15, -0.1) is 0 Å². The minimum absolute atomic E-state index is 0.0518.